The minimum Gasteiger partial charge on any atom is -0.372 e. The Bertz CT molecular complexity index is 541. The summed E-state index contributed by atoms with van der Waals surface area (Å²) < 4.78 is 23.4. The van der Waals surface area contributed by atoms with Crippen molar-refractivity contribution in [3.63, 3.8) is 0 Å². The molecule has 17 heavy (non-hydrogen) atoms. The number of nitrogens with one attached hydrogen (secondary N) is 1. The van der Waals surface area contributed by atoms with E-state index in [9.17, 15) is 8.42 Å². The minimum atomic E-state index is -3.11. The van der Waals surface area contributed by atoms with Crippen molar-refractivity contribution in [2.45, 2.75) is 24.5 Å². The maximum absolute atomic E-state index is 11.3. The van der Waals surface area contributed by atoms with E-state index in [2.05, 4.69) is 31.2 Å². The van der Waals surface area contributed by atoms with Crippen LogP contribution in [-0.2, 0) is 15.6 Å². The predicted molar refractivity (Wildman–Crippen MR) is 69.8 cm³/mol. The van der Waals surface area contributed by atoms with Gasteiger partial charge in [0.15, 0.2) is 9.84 Å². The van der Waals surface area contributed by atoms with Crippen LogP contribution in [0, 0.1) is 0 Å². The van der Waals surface area contributed by atoms with E-state index in [0.29, 0.717) is 17.6 Å². The number of aromatic nitrogens is 2. The zero-order valence-electron chi connectivity index (χ0n) is 9.70. The lowest BCUT2D eigenvalue weighted by atomic mass is 10.2. The van der Waals surface area contributed by atoms with Crippen LogP contribution in [0.3, 0.4) is 0 Å². The first kappa shape index (κ1) is 12.8. The van der Waals surface area contributed by atoms with Gasteiger partial charge in [-0.2, -0.15) is 0 Å². The first-order chi connectivity index (χ1) is 7.90. The van der Waals surface area contributed by atoms with Gasteiger partial charge in [-0.1, -0.05) is 0 Å². The Morgan fingerprint density at radius 2 is 2.06 bits per heavy atom. The smallest absolute Gasteiger partial charge is 0.154 e. The van der Waals surface area contributed by atoms with Gasteiger partial charge in [0.1, 0.15) is 17.4 Å². The average molecular weight is 320 g/mol. The standard InChI is InChI=1S/C10H14BrN3O2S/c1-12-10-8(11)9(6-3-4-6)13-7(14-10)5-17(2,15)16/h6H,3-5H2,1-2H3,(H,12,13,14). The first-order valence-corrected chi connectivity index (χ1v) is 8.18. The zero-order chi connectivity index (χ0) is 12.6. The van der Waals surface area contributed by atoms with Crippen LogP contribution in [-0.4, -0.2) is 31.7 Å². The molecule has 0 saturated heterocycles. The second kappa shape index (κ2) is 4.53. The SMILES string of the molecule is CNc1nc(CS(C)(=O)=O)nc(C2CC2)c1Br. The van der Waals surface area contributed by atoms with Crippen molar-refractivity contribution >= 4 is 31.6 Å². The van der Waals surface area contributed by atoms with Gasteiger partial charge >= 0.3 is 0 Å². The summed E-state index contributed by atoms with van der Waals surface area (Å²) in [4.78, 5) is 8.55. The fourth-order valence-electron chi connectivity index (χ4n) is 1.60. The molecular formula is C10H14BrN3O2S. The molecule has 1 aliphatic rings. The van der Waals surface area contributed by atoms with Crippen molar-refractivity contribution < 1.29 is 8.42 Å². The van der Waals surface area contributed by atoms with Crippen molar-refractivity contribution in [1.82, 2.24) is 9.97 Å². The molecule has 1 N–H and O–H groups in total. The Morgan fingerprint density at radius 3 is 2.53 bits per heavy atom. The summed E-state index contributed by atoms with van der Waals surface area (Å²) in [5.41, 5.74) is 0.919. The van der Waals surface area contributed by atoms with E-state index in [1.54, 1.807) is 7.05 Å². The van der Waals surface area contributed by atoms with Gasteiger partial charge in [-0.15, -0.1) is 0 Å². The highest BCUT2D eigenvalue weighted by atomic mass is 79.9. The molecule has 1 fully saturated rings. The summed E-state index contributed by atoms with van der Waals surface area (Å²) >= 11 is 3.46. The van der Waals surface area contributed by atoms with E-state index >= 15 is 0 Å². The molecule has 0 unspecified atom stereocenters. The molecule has 0 amide bonds. The molecule has 1 aromatic rings. The third-order valence-corrected chi connectivity index (χ3v) is 4.08. The molecule has 7 heteroatoms. The Kier molecular flexibility index (Phi) is 3.40. The van der Waals surface area contributed by atoms with Crippen molar-refractivity contribution in [2.24, 2.45) is 0 Å². The lowest BCUT2D eigenvalue weighted by Gasteiger charge is -2.10. The van der Waals surface area contributed by atoms with Gasteiger partial charge in [0.25, 0.3) is 0 Å². The summed E-state index contributed by atoms with van der Waals surface area (Å²) in [5.74, 6) is 1.34. The first-order valence-electron chi connectivity index (χ1n) is 5.32. The summed E-state index contributed by atoms with van der Waals surface area (Å²) in [5, 5.41) is 2.95. The third-order valence-electron chi connectivity index (χ3n) is 2.52. The van der Waals surface area contributed by atoms with E-state index in [1.165, 1.54) is 6.26 Å². The lowest BCUT2D eigenvalue weighted by molar-refractivity contribution is 0.599. The molecule has 0 aliphatic heterocycles. The number of hydrogen-bond acceptors (Lipinski definition) is 5. The molecule has 5 nitrogen and oxygen atoms in total. The zero-order valence-corrected chi connectivity index (χ0v) is 12.1. The van der Waals surface area contributed by atoms with Gasteiger partial charge in [-0.3, -0.25) is 0 Å². The van der Waals surface area contributed by atoms with Crippen LogP contribution in [0.4, 0.5) is 5.82 Å². The highest BCUT2D eigenvalue weighted by Gasteiger charge is 2.29. The molecule has 0 aromatic carbocycles. The van der Waals surface area contributed by atoms with Gasteiger partial charge in [0.2, 0.25) is 0 Å². The molecule has 94 valence electrons. The van der Waals surface area contributed by atoms with Crippen LogP contribution in [0.2, 0.25) is 0 Å². The van der Waals surface area contributed by atoms with E-state index in [4.69, 9.17) is 0 Å². The number of sulfone groups is 1. The van der Waals surface area contributed by atoms with E-state index in [0.717, 1.165) is 23.0 Å². The lowest BCUT2D eigenvalue weighted by Crippen LogP contribution is -2.09. The molecule has 1 heterocycles. The second-order valence-electron chi connectivity index (χ2n) is 4.28. The number of nitrogens with zero attached hydrogens (tertiary/aromatic N) is 2. The summed E-state index contributed by atoms with van der Waals surface area (Å²) in [6, 6.07) is 0. The van der Waals surface area contributed by atoms with Crippen LogP contribution in [0.1, 0.15) is 30.3 Å². The van der Waals surface area contributed by atoms with Crippen molar-refractivity contribution in [3.8, 4) is 0 Å². The van der Waals surface area contributed by atoms with Gasteiger partial charge < -0.3 is 5.32 Å². The second-order valence-corrected chi connectivity index (χ2v) is 7.22. The number of hydrogen-bond donors (Lipinski definition) is 1. The summed E-state index contributed by atoms with van der Waals surface area (Å²) in [6.45, 7) is 0. The molecular weight excluding hydrogens is 306 g/mol. The van der Waals surface area contributed by atoms with E-state index in [-0.39, 0.29) is 5.75 Å². The fraction of sp³-hybridized carbons (Fsp3) is 0.600. The molecule has 0 radical (unpaired) electrons. The average Bonchev–Trinajstić information content (AvgIpc) is 3.01. The largest absolute Gasteiger partial charge is 0.372 e. The predicted octanol–water partition coefficient (Wildman–Crippen LogP) is 1.70. The summed E-state index contributed by atoms with van der Waals surface area (Å²) in [6.07, 6.45) is 3.41. The Hall–Kier alpha value is -0.690. The van der Waals surface area contributed by atoms with E-state index < -0.39 is 9.84 Å². The molecule has 0 spiro atoms. The summed E-state index contributed by atoms with van der Waals surface area (Å²) in [7, 11) is -1.35. The van der Waals surface area contributed by atoms with Gasteiger partial charge in [-0.25, -0.2) is 18.4 Å². The topological polar surface area (TPSA) is 72.0 Å². The Labute approximate surface area is 109 Å². The minimum absolute atomic E-state index is 0.116. The quantitative estimate of drug-likeness (QED) is 0.914. The fourth-order valence-corrected chi connectivity index (χ4v) is 2.90. The highest BCUT2D eigenvalue weighted by molar-refractivity contribution is 9.10. The van der Waals surface area contributed by atoms with Crippen LogP contribution in [0.25, 0.3) is 0 Å². The maximum Gasteiger partial charge on any atom is 0.154 e. The Balaban J connectivity index is 2.43. The van der Waals surface area contributed by atoms with E-state index in [1.807, 2.05) is 0 Å². The van der Waals surface area contributed by atoms with Crippen LogP contribution >= 0.6 is 15.9 Å². The number of halogens is 1. The third kappa shape index (κ3) is 3.16. The Morgan fingerprint density at radius 1 is 1.41 bits per heavy atom. The van der Waals surface area contributed by atoms with Gasteiger partial charge in [-0.05, 0) is 28.8 Å². The molecule has 1 aliphatic carbocycles. The van der Waals surface area contributed by atoms with Crippen molar-refractivity contribution in [3.05, 3.63) is 16.0 Å². The van der Waals surface area contributed by atoms with Crippen molar-refractivity contribution in [2.75, 3.05) is 18.6 Å². The molecule has 1 saturated carbocycles. The van der Waals surface area contributed by atoms with Crippen LogP contribution < -0.4 is 5.32 Å². The normalized spacial score (nSPS) is 15.9. The van der Waals surface area contributed by atoms with Crippen molar-refractivity contribution in [1.29, 1.82) is 0 Å². The highest BCUT2D eigenvalue weighted by Crippen LogP contribution is 2.43. The molecule has 0 bridgehead atoms. The molecule has 1 aromatic heterocycles. The van der Waals surface area contributed by atoms with Gasteiger partial charge in [0.05, 0.1) is 10.2 Å². The van der Waals surface area contributed by atoms with Gasteiger partial charge in [0, 0.05) is 19.2 Å². The monoisotopic (exact) mass is 319 g/mol. The molecule has 2 rings (SSSR count). The van der Waals surface area contributed by atoms with Crippen LogP contribution in [0.15, 0.2) is 4.47 Å². The van der Waals surface area contributed by atoms with Crippen LogP contribution in [0.5, 0.6) is 0 Å². The maximum atomic E-state index is 11.3. The number of anilines is 1. The molecule has 0 atom stereocenters. The number of rotatable bonds is 4.